The number of rotatable bonds is 9. The molecule has 0 bridgehead atoms. The van der Waals surface area contributed by atoms with Gasteiger partial charge in [0.25, 0.3) is 0 Å². The van der Waals surface area contributed by atoms with E-state index in [1.807, 2.05) is 0 Å². The van der Waals surface area contributed by atoms with E-state index in [0.717, 1.165) is 32.6 Å². The minimum absolute atomic E-state index is 0.289. The molecule has 0 aromatic rings. The summed E-state index contributed by atoms with van der Waals surface area (Å²) in [7, 11) is 1.72. The van der Waals surface area contributed by atoms with Gasteiger partial charge in [-0.3, -0.25) is 0 Å². The van der Waals surface area contributed by atoms with Crippen molar-refractivity contribution in [2.24, 2.45) is 0 Å². The standard InChI is InChI=1S/C11H25NO2/c1-5-11(12-6-2)10(3)14-9-7-8-13-4/h10-12H,5-9H2,1-4H3. The molecule has 3 heteroatoms. The summed E-state index contributed by atoms with van der Waals surface area (Å²) in [5.41, 5.74) is 0. The lowest BCUT2D eigenvalue weighted by molar-refractivity contribution is 0.0270. The van der Waals surface area contributed by atoms with Crippen LogP contribution in [0.25, 0.3) is 0 Å². The second kappa shape index (κ2) is 9.44. The van der Waals surface area contributed by atoms with E-state index < -0.39 is 0 Å². The van der Waals surface area contributed by atoms with Crippen LogP contribution in [-0.4, -0.2) is 39.0 Å². The average molecular weight is 203 g/mol. The molecule has 0 amide bonds. The maximum atomic E-state index is 5.71. The zero-order valence-electron chi connectivity index (χ0n) is 10.0. The van der Waals surface area contributed by atoms with Crippen molar-refractivity contribution in [3.8, 4) is 0 Å². The fourth-order valence-corrected chi connectivity index (χ4v) is 1.49. The Morgan fingerprint density at radius 3 is 2.43 bits per heavy atom. The van der Waals surface area contributed by atoms with Gasteiger partial charge < -0.3 is 14.8 Å². The molecule has 2 unspecified atom stereocenters. The number of ether oxygens (including phenoxy) is 2. The number of nitrogens with one attached hydrogen (secondary N) is 1. The van der Waals surface area contributed by atoms with Crippen LogP contribution in [-0.2, 0) is 9.47 Å². The number of likely N-dealkylation sites (N-methyl/N-ethyl adjacent to an activating group) is 1. The van der Waals surface area contributed by atoms with Crippen LogP contribution < -0.4 is 5.32 Å². The summed E-state index contributed by atoms with van der Waals surface area (Å²) in [6.07, 6.45) is 2.37. The van der Waals surface area contributed by atoms with E-state index in [2.05, 4.69) is 26.1 Å². The molecule has 0 saturated carbocycles. The maximum absolute atomic E-state index is 5.71. The first-order valence-corrected chi connectivity index (χ1v) is 5.60. The Morgan fingerprint density at radius 1 is 1.21 bits per heavy atom. The van der Waals surface area contributed by atoms with Crippen molar-refractivity contribution in [1.82, 2.24) is 5.32 Å². The topological polar surface area (TPSA) is 30.5 Å². The summed E-state index contributed by atoms with van der Waals surface area (Å²) in [6, 6.07) is 0.475. The largest absolute Gasteiger partial charge is 0.385 e. The molecule has 0 aliphatic heterocycles. The van der Waals surface area contributed by atoms with Crippen LogP contribution in [0, 0.1) is 0 Å². The van der Waals surface area contributed by atoms with Gasteiger partial charge in [-0.1, -0.05) is 13.8 Å². The highest BCUT2D eigenvalue weighted by Gasteiger charge is 2.13. The lowest BCUT2D eigenvalue weighted by atomic mass is 10.1. The van der Waals surface area contributed by atoms with Gasteiger partial charge in [0, 0.05) is 26.4 Å². The van der Waals surface area contributed by atoms with Gasteiger partial charge in [0.15, 0.2) is 0 Å². The molecule has 0 fully saturated rings. The third-order valence-corrected chi connectivity index (χ3v) is 2.35. The maximum Gasteiger partial charge on any atom is 0.0699 e. The van der Waals surface area contributed by atoms with E-state index in [1.165, 1.54) is 0 Å². The predicted octanol–water partition coefficient (Wildman–Crippen LogP) is 1.82. The van der Waals surface area contributed by atoms with E-state index in [0.29, 0.717) is 6.04 Å². The Bertz CT molecular complexity index is 120. The lowest BCUT2D eigenvalue weighted by Gasteiger charge is -2.23. The van der Waals surface area contributed by atoms with Crippen LogP contribution in [0.5, 0.6) is 0 Å². The van der Waals surface area contributed by atoms with Gasteiger partial charge in [-0.15, -0.1) is 0 Å². The van der Waals surface area contributed by atoms with Crippen molar-refractivity contribution in [2.75, 3.05) is 26.9 Å². The van der Waals surface area contributed by atoms with E-state index in [4.69, 9.17) is 9.47 Å². The van der Waals surface area contributed by atoms with E-state index in [1.54, 1.807) is 7.11 Å². The van der Waals surface area contributed by atoms with E-state index in [-0.39, 0.29) is 6.10 Å². The molecule has 0 aliphatic carbocycles. The average Bonchev–Trinajstić information content (AvgIpc) is 2.20. The van der Waals surface area contributed by atoms with E-state index >= 15 is 0 Å². The molecule has 1 N–H and O–H groups in total. The van der Waals surface area contributed by atoms with Gasteiger partial charge in [-0.2, -0.15) is 0 Å². The molecule has 0 aromatic carbocycles. The van der Waals surface area contributed by atoms with Crippen LogP contribution in [0.15, 0.2) is 0 Å². The molecule has 14 heavy (non-hydrogen) atoms. The van der Waals surface area contributed by atoms with Gasteiger partial charge in [0.1, 0.15) is 0 Å². The normalized spacial score (nSPS) is 15.4. The molecule has 86 valence electrons. The monoisotopic (exact) mass is 203 g/mol. The highest BCUT2D eigenvalue weighted by atomic mass is 16.5. The minimum atomic E-state index is 0.289. The Balaban J connectivity index is 3.52. The Hall–Kier alpha value is -0.120. The summed E-state index contributed by atoms with van der Waals surface area (Å²) < 4.78 is 10.7. The molecule has 0 radical (unpaired) electrons. The van der Waals surface area contributed by atoms with Crippen molar-refractivity contribution >= 4 is 0 Å². The zero-order valence-corrected chi connectivity index (χ0v) is 10.0. The van der Waals surface area contributed by atoms with Crippen molar-refractivity contribution in [2.45, 2.75) is 45.8 Å². The fraction of sp³-hybridized carbons (Fsp3) is 1.00. The highest BCUT2D eigenvalue weighted by Crippen LogP contribution is 2.03. The second-order valence-corrected chi connectivity index (χ2v) is 3.49. The molecule has 0 aliphatic rings. The Morgan fingerprint density at radius 2 is 1.93 bits per heavy atom. The molecule has 0 heterocycles. The molecule has 0 rings (SSSR count). The zero-order chi connectivity index (χ0) is 10.8. The lowest BCUT2D eigenvalue weighted by Crippen LogP contribution is -2.39. The molecular formula is C11H25NO2. The van der Waals surface area contributed by atoms with Gasteiger partial charge >= 0.3 is 0 Å². The highest BCUT2D eigenvalue weighted by molar-refractivity contribution is 4.71. The molecule has 3 nitrogen and oxygen atoms in total. The number of methoxy groups -OCH3 is 1. The van der Waals surface area contributed by atoms with Crippen molar-refractivity contribution in [3.63, 3.8) is 0 Å². The molecular weight excluding hydrogens is 178 g/mol. The first kappa shape index (κ1) is 13.9. The van der Waals surface area contributed by atoms with Gasteiger partial charge in [0.2, 0.25) is 0 Å². The van der Waals surface area contributed by atoms with Crippen LogP contribution in [0.2, 0.25) is 0 Å². The number of hydrogen-bond donors (Lipinski definition) is 1. The fourth-order valence-electron chi connectivity index (χ4n) is 1.49. The quantitative estimate of drug-likeness (QED) is 0.580. The van der Waals surface area contributed by atoms with Gasteiger partial charge in [-0.25, -0.2) is 0 Å². The second-order valence-electron chi connectivity index (χ2n) is 3.49. The third-order valence-electron chi connectivity index (χ3n) is 2.35. The SMILES string of the molecule is CCNC(CC)C(C)OCCCOC. The first-order valence-electron chi connectivity index (χ1n) is 5.60. The van der Waals surface area contributed by atoms with Crippen LogP contribution >= 0.6 is 0 Å². The molecule has 0 saturated heterocycles. The summed E-state index contributed by atoms with van der Waals surface area (Å²) >= 11 is 0. The minimum Gasteiger partial charge on any atom is -0.385 e. The summed E-state index contributed by atoms with van der Waals surface area (Å²) in [4.78, 5) is 0. The summed E-state index contributed by atoms with van der Waals surface area (Å²) in [5.74, 6) is 0. The van der Waals surface area contributed by atoms with Crippen molar-refractivity contribution in [3.05, 3.63) is 0 Å². The smallest absolute Gasteiger partial charge is 0.0699 e. The van der Waals surface area contributed by atoms with Crippen LogP contribution in [0.3, 0.4) is 0 Å². The Kier molecular flexibility index (Phi) is 9.35. The van der Waals surface area contributed by atoms with Crippen molar-refractivity contribution in [1.29, 1.82) is 0 Å². The van der Waals surface area contributed by atoms with Crippen LogP contribution in [0.4, 0.5) is 0 Å². The molecule has 0 spiro atoms. The number of hydrogen-bond acceptors (Lipinski definition) is 3. The van der Waals surface area contributed by atoms with Crippen molar-refractivity contribution < 1.29 is 9.47 Å². The molecule has 0 aromatic heterocycles. The summed E-state index contributed by atoms with van der Waals surface area (Å²) in [5, 5.41) is 3.42. The predicted molar refractivity (Wildman–Crippen MR) is 59.7 cm³/mol. The Labute approximate surface area is 88.2 Å². The summed E-state index contributed by atoms with van der Waals surface area (Å²) in [6.45, 7) is 9.01. The molecule has 2 atom stereocenters. The third kappa shape index (κ3) is 6.35. The first-order chi connectivity index (χ1) is 6.76. The van der Waals surface area contributed by atoms with Gasteiger partial charge in [0.05, 0.1) is 6.10 Å². The van der Waals surface area contributed by atoms with Crippen LogP contribution in [0.1, 0.15) is 33.6 Å². The van der Waals surface area contributed by atoms with Gasteiger partial charge in [-0.05, 0) is 26.3 Å². The van der Waals surface area contributed by atoms with E-state index in [9.17, 15) is 0 Å².